The summed E-state index contributed by atoms with van der Waals surface area (Å²) < 4.78 is 44.8. The van der Waals surface area contributed by atoms with Gasteiger partial charge in [0.1, 0.15) is 18.2 Å². The summed E-state index contributed by atoms with van der Waals surface area (Å²) in [5.74, 6) is -1.64. The highest BCUT2D eigenvalue weighted by Crippen LogP contribution is 2.21. The Morgan fingerprint density at radius 2 is 1.81 bits per heavy atom. The topological polar surface area (TPSA) is 21.3 Å². The molecule has 0 fully saturated rings. The second-order valence-corrected chi connectivity index (χ2v) is 4.57. The average Bonchev–Trinajstić information content (AvgIpc) is 2.47. The van der Waals surface area contributed by atoms with Gasteiger partial charge in [-0.3, -0.25) is 0 Å². The van der Waals surface area contributed by atoms with Crippen molar-refractivity contribution < 1.29 is 17.9 Å². The smallest absolute Gasteiger partial charge is 0.159 e. The Morgan fingerprint density at radius 3 is 2.52 bits per heavy atom. The van der Waals surface area contributed by atoms with E-state index in [1.807, 2.05) is 6.92 Å². The third-order valence-electron chi connectivity index (χ3n) is 2.97. The largest absolute Gasteiger partial charge is 0.489 e. The van der Waals surface area contributed by atoms with Crippen LogP contribution in [0.15, 0.2) is 36.4 Å². The van der Waals surface area contributed by atoms with Crippen molar-refractivity contribution in [1.82, 2.24) is 5.32 Å². The molecule has 21 heavy (non-hydrogen) atoms. The maximum atomic E-state index is 13.3. The first-order chi connectivity index (χ1) is 10.1. The van der Waals surface area contributed by atoms with Crippen molar-refractivity contribution in [2.75, 3.05) is 6.54 Å². The minimum Gasteiger partial charge on any atom is -0.489 e. The standard InChI is InChI=1S/C16H16F3NO/c1-2-20-9-12-8-13(17)4-6-16(12)21-10-11-3-5-14(18)15(19)7-11/h3-8,20H,2,9-10H2,1H3. The van der Waals surface area contributed by atoms with Gasteiger partial charge in [-0.05, 0) is 42.4 Å². The monoisotopic (exact) mass is 295 g/mol. The third-order valence-corrected chi connectivity index (χ3v) is 2.97. The van der Waals surface area contributed by atoms with Crippen molar-refractivity contribution in [2.24, 2.45) is 0 Å². The fourth-order valence-corrected chi connectivity index (χ4v) is 1.88. The summed E-state index contributed by atoms with van der Waals surface area (Å²) >= 11 is 0. The zero-order chi connectivity index (χ0) is 15.2. The van der Waals surface area contributed by atoms with Crippen molar-refractivity contribution in [2.45, 2.75) is 20.1 Å². The van der Waals surface area contributed by atoms with Gasteiger partial charge >= 0.3 is 0 Å². The number of rotatable bonds is 6. The number of ether oxygens (including phenoxy) is 1. The van der Waals surface area contributed by atoms with Crippen LogP contribution >= 0.6 is 0 Å². The molecule has 5 heteroatoms. The van der Waals surface area contributed by atoms with Gasteiger partial charge < -0.3 is 10.1 Å². The average molecular weight is 295 g/mol. The molecule has 0 saturated carbocycles. The molecule has 0 heterocycles. The van der Waals surface area contributed by atoms with Crippen LogP contribution in [-0.4, -0.2) is 6.54 Å². The van der Waals surface area contributed by atoms with Gasteiger partial charge in [0, 0.05) is 12.1 Å². The molecule has 0 aliphatic heterocycles. The van der Waals surface area contributed by atoms with E-state index in [-0.39, 0.29) is 12.4 Å². The van der Waals surface area contributed by atoms with Crippen LogP contribution in [0.5, 0.6) is 5.75 Å². The van der Waals surface area contributed by atoms with Crippen LogP contribution in [0.25, 0.3) is 0 Å². The number of halogens is 3. The molecule has 0 amide bonds. The van der Waals surface area contributed by atoms with E-state index in [9.17, 15) is 13.2 Å². The second-order valence-electron chi connectivity index (χ2n) is 4.57. The van der Waals surface area contributed by atoms with Gasteiger partial charge in [-0.15, -0.1) is 0 Å². The number of nitrogens with one attached hydrogen (secondary N) is 1. The fourth-order valence-electron chi connectivity index (χ4n) is 1.88. The van der Waals surface area contributed by atoms with E-state index in [2.05, 4.69) is 5.32 Å². The maximum Gasteiger partial charge on any atom is 0.159 e. The Labute approximate surface area is 121 Å². The van der Waals surface area contributed by atoms with Crippen molar-refractivity contribution in [3.05, 3.63) is 65.0 Å². The normalized spacial score (nSPS) is 10.7. The van der Waals surface area contributed by atoms with E-state index in [0.717, 1.165) is 18.7 Å². The molecule has 0 aromatic heterocycles. The van der Waals surface area contributed by atoms with E-state index >= 15 is 0 Å². The molecule has 0 unspecified atom stereocenters. The molecule has 0 aliphatic carbocycles. The SMILES string of the molecule is CCNCc1cc(F)ccc1OCc1ccc(F)c(F)c1. The number of hydrogen-bond acceptors (Lipinski definition) is 2. The van der Waals surface area contributed by atoms with E-state index in [4.69, 9.17) is 4.74 Å². The molecule has 2 aromatic carbocycles. The van der Waals surface area contributed by atoms with Crippen LogP contribution in [0.4, 0.5) is 13.2 Å². The van der Waals surface area contributed by atoms with Crippen LogP contribution in [0.1, 0.15) is 18.1 Å². The summed E-state index contributed by atoms with van der Waals surface area (Å²) in [5.41, 5.74) is 1.19. The molecule has 1 N–H and O–H groups in total. The summed E-state index contributed by atoms with van der Waals surface area (Å²) in [6.45, 7) is 3.25. The lowest BCUT2D eigenvalue weighted by atomic mass is 10.2. The number of benzene rings is 2. The first kappa shape index (κ1) is 15.4. The van der Waals surface area contributed by atoms with Gasteiger partial charge in [-0.1, -0.05) is 13.0 Å². The molecule has 0 spiro atoms. The van der Waals surface area contributed by atoms with Gasteiger partial charge in [-0.2, -0.15) is 0 Å². The molecule has 0 aliphatic rings. The van der Waals surface area contributed by atoms with Crippen molar-refractivity contribution in [3.63, 3.8) is 0 Å². The van der Waals surface area contributed by atoms with Gasteiger partial charge in [0.2, 0.25) is 0 Å². The predicted molar refractivity (Wildman–Crippen MR) is 74.5 cm³/mol. The Balaban J connectivity index is 2.09. The van der Waals surface area contributed by atoms with Crippen LogP contribution in [0.3, 0.4) is 0 Å². The molecule has 0 saturated heterocycles. The highest BCUT2D eigenvalue weighted by molar-refractivity contribution is 5.34. The van der Waals surface area contributed by atoms with E-state index < -0.39 is 11.6 Å². The molecule has 112 valence electrons. The van der Waals surface area contributed by atoms with E-state index in [1.165, 1.54) is 24.3 Å². The van der Waals surface area contributed by atoms with Gasteiger partial charge in [0.15, 0.2) is 11.6 Å². The van der Waals surface area contributed by atoms with Crippen LogP contribution in [0.2, 0.25) is 0 Å². The summed E-state index contributed by atoms with van der Waals surface area (Å²) in [5, 5.41) is 3.09. The predicted octanol–water partition coefficient (Wildman–Crippen LogP) is 3.79. The minimum absolute atomic E-state index is 0.0853. The highest BCUT2D eigenvalue weighted by Gasteiger charge is 2.07. The van der Waals surface area contributed by atoms with E-state index in [0.29, 0.717) is 23.4 Å². The highest BCUT2D eigenvalue weighted by atomic mass is 19.2. The quantitative estimate of drug-likeness (QED) is 0.875. The van der Waals surface area contributed by atoms with Crippen molar-refractivity contribution >= 4 is 0 Å². The first-order valence-electron chi connectivity index (χ1n) is 6.66. The van der Waals surface area contributed by atoms with Crippen LogP contribution in [-0.2, 0) is 13.2 Å². The van der Waals surface area contributed by atoms with Crippen molar-refractivity contribution in [1.29, 1.82) is 0 Å². The maximum absolute atomic E-state index is 13.3. The molecule has 0 atom stereocenters. The summed E-state index contributed by atoms with van der Waals surface area (Å²) in [6.07, 6.45) is 0. The summed E-state index contributed by atoms with van der Waals surface area (Å²) in [6, 6.07) is 7.81. The van der Waals surface area contributed by atoms with Gasteiger partial charge in [0.25, 0.3) is 0 Å². The zero-order valence-electron chi connectivity index (χ0n) is 11.6. The Bertz CT molecular complexity index is 616. The summed E-state index contributed by atoms with van der Waals surface area (Å²) in [7, 11) is 0. The zero-order valence-corrected chi connectivity index (χ0v) is 11.6. The Hall–Kier alpha value is -2.01. The molecule has 0 radical (unpaired) electrons. The molecule has 2 nitrogen and oxygen atoms in total. The minimum atomic E-state index is -0.914. The fraction of sp³-hybridized carbons (Fsp3) is 0.250. The second kappa shape index (κ2) is 7.13. The molecule has 2 aromatic rings. The molecular formula is C16H16F3NO. The number of hydrogen-bond donors (Lipinski definition) is 1. The molecule has 0 bridgehead atoms. The lowest BCUT2D eigenvalue weighted by Crippen LogP contribution is -2.13. The lowest BCUT2D eigenvalue weighted by molar-refractivity contribution is 0.300. The molecular weight excluding hydrogens is 279 g/mol. The summed E-state index contributed by atoms with van der Waals surface area (Å²) in [4.78, 5) is 0. The van der Waals surface area contributed by atoms with Gasteiger partial charge in [-0.25, -0.2) is 13.2 Å². The first-order valence-corrected chi connectivity index (χ1v) is 6.66. The molecule has 2 rings (SSSR count). The Morgan fingerprint density at radius 1 is 1.00 bits per heavy atom. The van der Waals surface area contributed by atoms with Crippen LogP contribution < -0.4 is 10.1 Å². The van der Waals surface area contributed by atoms with Gasteiger partial charge in [0.05, 0.1) is 0 Å². The van der Waals surface area contributed by atoms with E-state index in [1.54, 1.807) is 0 Å². The van der Waals surface area contributed by atoms with Crippen LogP contribution in [0, 0.1) is 17.5 Å². The lowest BCUT2D eigenvalue weighted by Gasteiger charge is -2.12. The third kappa shape index (κ3) is 4.23. The van der Waals surface area contributed by atoms with Crippen molar-refractivity contribution in [3.8, 4) is 5.75 Å². The Kier molecular flexibility index (Phi) is 5.22.